The van der Waals surface area contributed by atoms with E-state index in [0.29, 0.717) is 50.1 Å². The van der Waals surface area contributed by atoms with Gasteiger partial charge < -0.3 is 29.3 Å². The molecule has 1 aliphatic heterocycles. The highest BCUT2D eigenvalue weighted by molar-refractivity contribution is 9.10. The van der Waals surface area contributed by atoms with Gasteiger partial charge in [0.05, 0.1) is 0 Å². The summed E-state index contributed by atoms with van der Waals surface area (Å²) < 4.78 is 18.3. The summed E-state index contributed by atoms with van der Waals surface area (Å²) in [5.74, 6) is 0.826. The minimum absolute atomic E-state index is 0.124. The Morgan fingerprint density at radius 2 is 1.68 bits per heavy atom. The molecule has 220 valence electrons. The maximum absolute atomic E-state index is 13.3. The predicted molar refractivity (Wildman–Crippen MR) is 161 cm³/mol. The summed E-state index contributed by atoms with van der Waals surface area (Å²) in [5, 5.41) is 3.83. The van der Waals surface area contributed by atoms with Gasteiger partial charge in [-0.1, -0.05) is 39.7 Å². The summed E-state index contributed by atoms with van der Waals surface area (Å²) in [5.41, 5.74) is 1.75. The first-order chi connectivity index (χ1) is 18.6. The van der Waals surface area contributed by atoms with Crippen LogP contribution in [-0.4, -0.2) is 59.9 Å². The van der Waals surface area contributed by atoms with E-state index in [9.17, 15) is 9.59 Å². The Bertz CT molecular complexity index is 1190. The van der Waals surface area contributed by atoms with Crippen LogP contribution in [0.1, 0.15) is 58.2 Å². The monoisotopic (exact) mass is 637 g/mol. The molecule has 8 nitrogen and oxygen atoms in total. The summed E-state index contributed by atoms with van der Waals surface area (Å²) in [6.07, 6.45) is -0.726. The molecule has 0 atom stereocenters. The van der Waals surface area contributed by atoms with Crippen LogP contribution in [0.5, 0.6) is 5.75 Å². The van der Waals surface area contributed by atoms with Gasteiger partial charge in [-0.25, -0.2) is 9.59 Å². The van der Waals surface area contributed by atoms with Gasteiger partial charge in [0.25, 0.3) is 0 Å². The summed E-state index contributed by atoms with van der Waals surface area (Å²) in [6.45, 7) is 14.0. The van der Waals surface area contributed by atoms with Gasteiger partial charge in [0.1, 0.15) is 23.6 Å². The molecule has 0 saturated carbocycles. The minimum atomic E-state index is -0.633. The topological polar surface area (TPSA) is 80.3 Å². The van der Waals surface area contributed by atoms with Gasteiger partial charge in [0, 0.05) is 53.7 Å². The van der Waals surface area contributed by atoms with Crippen molar-refractivity contribution in [3.05, 3.63) is 62.6 Å². The molecule has 1 aliphatic rings. The van der Waals surface area contributed by atoms with E-state index in [1.807, 2.05) is 78.9 Å². The van der Waals surface area contributed by atoms with E-state index < -0.39 is 17.3 Å². The number of hydrogen-bond donors (Lipinski definition) is 1. The Morgan fingerprint density at radius 3 is 2.27 bits per heavy atom. The first-order valence-corrected chi connectivity index (χ1v) is 14.6. The number of hydrogen-bond acceptors (Lipinski definition) is 6. The average Bonchev–Trinajstić information content (AvgIpc) is 2.77. The van der Waals surface area contributed by atoms with Crippen LogP contribution in [0.4, 0.5) is 9.59 Å². The van der Waals surface area contributed by atoms with E-state index in [0.717, 1.165) is 21.2 Å². The molecule has 1 saturated heterocycles. The quantitative estimate of drug-likeness (QED) is 0.319. The van der Waals surface area contributed by atoms with Crippen LogP contribution in [0.15, 0.2) is 40.9 Å². The number of carbonyl (C=O) groups excluding carboxylic acids is 2. The van der Waals surface area contributed by atoms with E-state index >= 15 is 0 Å². The lowest BCUT2D eigenvalue weighted by atomic mass is 9.99. The van der Waals surface area contributed by atoms with E-state index in [-0.39, 0.29) is 12.0 Å². The number of rotatable bonds is 9. The number of ether oxygens (including phenoxy) is 3. The first-order valence-electron chi connectivity index (χ1n) is 13.4. The molecule has 2 aromatic carbocycles. The number of benzene rings is 2. The molecule has 0 spiro atoms. The lowest BCUT2D eigenvalue weighted by Crippen LogP contribution is -2.55. The number of likely N-dealkylation sites (tertiary alicyclic amines) is 1. The van der Waals surface area contributed by atoms with Gasteiger partial charge in [-0.05, 0) is 84.0 Å². The zero-order chi connectivity index (χ0) is 29.7. The van der Waals surface area contributed by atoms with Gasteiger partial charge >= 0.3 is 12.2 Å². The molecule has 2 amide bonds. The zero-order valence-electron chi connectivity index (χ0n) is 24.5. The molecular weight excluding hydrogens is 598 g/mol. The fourth-order valence-electron chi connectivity index (χ4n) is 4.23. The molecular formula is C30H41BrClN3O5. The number of halogens is 2. The highest BCUT2D eigenvalue weighted by atomic mass is 79.9. The van der Waals surface area contributed by atoms with Crippen molar-refractivity contribution in [3.63, 3.8) is 0 Å². The molecule has 0 unspecified atom stereocenters. The summed E-state index contributed by atoms with van der Waals surface area (Å²) in [6, 6.07) is 11.6. The minimum Gasteiger partial charge on any atom is -0.489 e. The van der Waals surface area contributed by atoms with E-state index in [2.05, 4.69) is 27.3 Å². The molecule has 0 aromatic heterocycles. The Balaban J connectivity index is 1.75. The first kappa shape index (κ1) is 32.0. The highest BCUT2D eigenvalue weighted by Crippen LogP contribution is 2.27. The zero-order valence-corrected chi connectivity index (χ0v) is 26.8. The van der Waals surface area contributed by atoms with Crippen LogP contribution in [0, 0.1) is 5.92 Å². The molecule has 1 N–H and O–H groups in total. The fraction of sp³-hybridized carbons (Fsp3) is 0.533. The number of nitrogens with one attached hydrogen (secondary N) is 1. The molecule has 1 fully saturated rings. The average molecular weight is 639 g/mol. The van der Waals surface area contributed by atoms with Crippen molar-refractivity contribution in [1.29, 1.82) is 0 Å². The molecule has 2 aromatic rings. The standard InChI is InChI=1S/C30H41BrClN3O5/c1-29(2,3)39-27(36)34(16-22-17-35(18-22)28(37)40-30(4,5)6)15-21-10-20(14-33-7)11-25(12-21)38-19-23-8-9-24(32)13-26(23)31/h8-13,22,33H,14-19H2,1-7H3. The smallest absolute Gasteiger partial charge is 0.410 e. The highest BCUT2D eigenvalue weighted by Gasteiger charge is 2.36. The maximum Gasteiger partial charge on any atom is 0.410 e. The number of carbonyl (C=O) groups is 2. The van der Waals surface area contributed by atoms with Crippen LogP contribution in [-0.2, 0) is 29.2 Å². The van der Waals surface area contributed by atoms with Crippen LogP contribution < -0.4 is 10.1 Å². The Hall–Kier alpha value is -2.49. The summed E-state index contributed by atoms with van der Waals surface area (Å²) >= 11 is 9.62. The van der Waals surface area contributed by atoms with Crippen molar-refractivity contribution in [3.8, 4) is 5.75 Å². The van der Waals surface area contributed by atoms with E-state index in [1.165, 1.54) is 0 Å². The fourth-order valence-corrected chi connectivity index (χ4v) is 5.03. The molecule has 0 bridgehead atoms. The second-order valence-corrected chi connectivity index (χ2v) is 13.4. The van der Waals surface area contributed by atoms with E-state index in [1.54, 1.807) is 9.80 Å². The molecule has 10 heteroatoms. The molecule has 3 rings (SSSR count). The van der Waals surface area contributed by atoms with Crippen LogP contribution in [0.3, 0.4) is 0 Å². The van der Waals surface area contributed by atoms with Crippen molar-refractivity contribution in [1.82, 2.24) is 15.1 Å². The lowest BCUT2D eigenvalue weighted by Gasteiger charge is -2.42. The third-order valence-corrected chi connectivity index (χ3v) is 6.90. The molecule has 0 aliphatic carbocycles. The maximum atomic E-state index is 13.3. The van der Waals surface area contributed by atoms with Gasteiger partial charge in [-0.2, -0.15) is 0 Å². The van der Waals surface area contributed by atoms with Crippen LogP contribution in [0.25, 0.3) is 0 Å². The third kappa shape index (κ3) is 10.2. The Kier molecular flexibility index (Phi) is 10.8. The van der Waals surface area contributed by atoms with Crippen molar-refractivity contribution >= 4 is 39.7 Å². The van der Waals surface area contributed by atoms with Crippen LogP contribution >= 0.6 is 27.5 Å². The van der Waals surface area contributed by atoms with Gasteiger partial charge in [-0.15, -0.1) is 0 Å². The van der Waals surface area contributed by atoms with Crippen molar-refractivity contribution in [2.75, 3.05) is 26.7 Å². The van der Waals surface area contributed by atoms with E-state index in [4.69, 9.17) is 25.8 Å². The third-order valence-electron chi connectivity index (χ3n) is 5.93. The largest absolute Gasteiger partial charge is 0.489 e. The summed E-state index contributed by atoms with van der Waals surface area (Å²) in [7, 11) is 1.89. The van der Waals surface area contributed by atoms with Gasteiger partial charge in [0.2, 0.25) is 0 Å². The van der Waals surface area contributed by atoms with Crippen molar-refractivity contribution in [2.24, 2.45) is 5.92 Å². The lowest BCUT2D eigenvalue weighted by molar-refractivity contribution is -0.0123. The van der Waals surface area contributed by atoms with Gasteiger partial charge in [-0.3, -0.25) is 0 Å². The van der Waals surface area contributed by atoms with Gasteiger partial charge in [0.15, 0.2) is 0 Å². The number of nitrogens with zero attached hydrogens (tertiary/aromatic N) is 2. The normalized spacial score (nSPS) is 14.0. The second-order valence-electron chi connectivity index (χ2n) is 12.2. The van der Waals surface area contributed by atoms with Crippen molar-refractivity contribution in [2.45, 2.75) is 72.4 Å². The second kappa shape index (κ2) is 13.4. The molecule has 40 heavy (non-hydrogen) atoms. The predicted octanol–water partition coefficient (Wildman–Crippen LogP) is 7.00. The summed E-state index contributed by atoms with van der Waals surface area (Å²) in [4.78, 5) is 29.0. The molecule has 0 radical (unpaired) electrons. The number of amides is 2. The Labute approximate surface area is 251 Å². The Morgan fingerprint density at radius 1 is 1.02 bits per heavy atom. The van der Waals surface area contributed by atoms with Crippen LogP contribution in [0.2, 0.25) is 5.02 Å². The SMILES string of the molecule is CNCc1cc(CN(CC2CN(C(=O)OC(C)(C)C)C2)C(=O)OC(C)(C)C)cc(OCc2ccc(Cl)cc2Br)c1. The molecule has 1 heterocycles. The van der Waals surface area contributed by atoms with Crippen molar-refractivity contribution < 1.29 is 23.8 Å².